The van der Waals surface area contributed by atoms with E-state index in [1.807, 2.05) is 17.0 Å². The van der Waals surface area contributed by atoms with Crippen molar-refractivity contribution in [1.82, 2.24) is 9.80 Å². The Morgan fingerprint density at radius 3 is 2.69 bits per heavy atom. The van der Waals surface area contributed by atoms with Crippen LogP contribution in [0.4, 0.5) is 5.69 Å². The Bertz CT molecular complexity index is 733. The average molecular weight is 402 g/mol. The van der Waals surface area contributed by atoms with Crippen LogP contribution in [0.1, 0.15) is 25.7 Å². The molecule has 3 heterocycles. The fraction of sp³-hybridized carbons (Fsp3) is 0.636. The summed E-state index contributed by atoms with van der Waals surface area (Å²) in [6.07, 6.45) is 3.86. The Kier molecular flexibility index (Phi) is 6.23. The summed E-state index contributed by atoms with van der Waals surface area (Å²) in [6, 6.07) is 8.00. The third-order valence-corrected chi connectivity index (χ3v) is 6.60. The number of amides is 2. The van der Waals surface area contributed by atoms with Crippen molar-refractivity contribution in [3.63, 3.8) is 0 Å². The van der Waals surface area contributed by atoms with Crippen LogP contribution in [-0.2, 0) is 9.59 Å². The van der Waals surface area contributed by atoms with Crippen molar-refractivity contribution >= 4 is 17.5 Å². The van der Waals surface area contributed by atoms with Crippen LogP contribution >= 0.6 is 0 Å². The number of nitrogens with zero attached hydrogens (tertiary/aromatic N) is 3. The van der Waals surface area contributed by atoms with Gasteiger partial charge in [-0.1, -0.05) is 12.1 Å². The Morgan fingerprint density at radius 1 is 1.10 bits per heavy atom. The highest BCUT2D eigenvalue weighted by atomic mass is 16.5. The molecular weight excluding hydrogens is 368 g/mol. The van der Waals surface area contributed by atoms with Crippen LogP contribution in [0.3, 0.4) is 0 Å². The maximum absolute atomic E-state index is 12.8. The third kappa shape index (κ3) is 4.34. The fourth-order valence-corrected chi connectivity index (χ4v) is 4.94. The number of hydrogen-bond donors (Lipinski definition) is 1. The van der Waals surface area contributed by atoms with Crippen molar-refractivity contribution in [2.45, 2.75) is 31.7 Å². The number of rotatable bonds is 6. The molecule has 3 aliphatic rings. The minimum absolute atomic E-state index is 0.132. The minimum Gasteiger partial charge on any atom is -0.495 e. The van der Waals surface area contributed by atoms with Gasteiger partial charge < -0.3 is 24.3 Å². The molecule has 0 aliphatic carbocycles. The summed E-state index contributed by atoms with van der Waals surface area (Å²) in [5, 5.41) is 0. The zero-order valence-electron chi connectivity index (χ0n) is 17.4. The van der Waals surface area contributed by atoms with E-state index >= 15 is 0 Å². The SMILES string of the molecule is COc1ccccc1N1CC[NH+](CCCN2CC(=O)N3CCCC[C@@H]3C2=O)CC1. The highest BCUT2D eigenvalue weighted by Crippen LogP contribution is 2.27. The van der Waals surface area contributed by atoms with Crippen molar-refractivity contribution < 1.29 is 19.2 Å². The number of ether oxygens (including phenoxy) is 1. The quantitative estimate of drug-likeness (QED) is 0.730. The van der Waals surface area contributed by atoms with Crippen molar-refractivity contribution in [3.05, 3.63) is 24.3 Å². The summed E-state index contributed by atoms with van der Waals surface area (Å²) in [5.41, 5.74) is 1.17. The van der Waals surface area contributed by atoms with Gasteiger partial charge in [-0.3, -0.25) is 9.59 Å². The monoisotopic (exact) mass is 401 g/mol. The largest absolute Gasteiger partial charge is 0.495 e. The van der Waals surface area contributed by atoms with Crippen LogP contribution in [-0.4, -0.2) is 87.1 Å². The number of carbonyl (C=O) groups excluding carboxylic acids is 2. The summed E-state index contributed by atoms with van der Waals surface area (Å²) in [5.74, 6) is 1.23. The van der Waals surface area contributed by atoms with E-state index < -0.39 is 0 Å². The van der Waals surface area contributed by atoms with Crippen LogP contribution in [0.25, 0.3) is 0 Å². The molecule has 158 valence electrons. The number of piperazine rings is 2. The van der Waals surface area contributed by atoms with Gasteiger partial charge in [0, 0.05) is 19.5 Å². The second kappa shape index (κ2) is 9.03. The first-order valence-electron chi connectivity index (χ1n) is 11.0. The topological polar surface area (TPSA) is 57.5 Å². The summed E-state index contributed by atoms with van der Waals surface area (Å²) >= 11 is 0. The fourth-order valence-electron chi connectivity index (χ4n) is 4.94. The molecule has 1 N–H and O–H groups in total. The maximum Gasteiger partial charge on any atom is 0.245 e. The van der Waals surface area contributed by atoms with Crippen LogP contribution in [0.15, 0.2) is 24.3 Å². The summed E-state index contributed by atoms with van der Waals surface area (Å²) in [6.45, 7) is 6.96. The molecule has 1 aromatic rings. The molecule has 0 spiro atoms. The number of hydrogen-bond acceptors (Lipinski definition) is 4. The lowest BCUT2D eigenvalue weighted by Gasteiger charge is -2.42. The van der Waals surface area contributed by atoms with E-state index in [9.17, 15) is 9.59 Å². The number of nitrogens with one attached hydrogen (secondary N) is 1. The molecule has 29 heavy (non-hydrogen) atoms. The van der Waals surface area contributed by atoms with Gasteiger partial charge >= 0.3 is 0 Å². The van der Waals surface area contributed by atoms with Crippen molar-refractivity contribution in [2.24, 2.45) is 0 Å². The molecule has 4 rings (SSSR count). The van der Waals surface area contributed by atoms with E-state index in [0.717, 1.165) is 70.7 Å². The molecule has 0 aromatic heterocycles. The second-order valence-electron chi connectivity index (χ2n) is 8.37. The zero-order valence-corrected chi connectivity index (χ0v) is 17.4. The van der Waals surface area contributed by atoms with Gasteiger partial charge in [0.2, 0.25) is 11.8 Å². The number of anilines is 1. The molecule has 1 aromatic carbocycles. The number of methoxy groups -OCH3 is 1. The van der Waals surface area contributed by atoms with Crippen LogP contribution in [0, 0.1) is 0 Å². The van der Waals surface area contributed by atoms with E-state index in [4.69, 9.17) is 4.74 Å². The smallest absolute Gasteiger partial charge is 0.245 e. The molecule has 7 nitrogen and oxygen atoms in total. The zero-order chi connectivity index (χ0) is 20.2. The minimum atomic E-state index is -0.193. The molecule has 0 radical (unpaired) electrons. The van der Waals surface area contributed by atoms with E-state index in [2.05, 4.69) is 17.0 Å². The Morgan fingerprint density at radius 2 is 1.90 bits per heavy atom. The molecule has 0 bridgehead atoms. The highest BCUT2D eigenvalue weighted by molar-refractivity contribution is 5.95. The standard InChI is InChI=1S/C22H32N4O3/c1-29-20-9-3-2-7-18(20)24-15-13-23(14-16-24)10-6-11-25-17-21(27)26-12-5-4-8-19(26)22(25)28/h2-3,7,9,19H,4-6,8,10-17H2,1H3/p+1/t19-/m1/s1. The van der Waals surface area contributed by atoms with Gasteiger partial charge in [-0.2, -0.15) is 0 Å². The number of fused-ring (bicyclic) bond motifs is 1. The van der Waals surface area contributed by atoms with Crippen molar-refractivity contribution in [1.29, 1.82) is 0 Å². The lowest BCUT2D eigenvalue weighted by molar-refractivity contribution is -0.900. The van der Waals surface area contributed by atoms with Gasteiger partial charge in [-0.05, 0) is 31.4 Å². The number of quaternary nitrogens is 1. The molecule has 0 unspecified atom stereocenters. The van der Waals surface area contributed by atoms with Crippen molar-refractivity contribution in [2.75, 3.05) is 64.4 Å². The number of piperidine rings is 1. The van der Waals surface area contributed by atoms with Gasteiger partial charge in [0.25, 0.3) is 0 Å². The van der Waals surface area contributed by atoms with E-state index in [-0.39, 0.29) is 24.4 Å². The molecule has 3 fully saturated rings. The predicted molar refractivity (Wildman–Crippen MR) is 111 cm³/mol. The van der Waals surface area contributed by atoms with Gasteiger partial charge in [-0.25, -0.2) is 0 Å². The predicted octanol–water partition coefficient (Wildman–Crippen LogP) is 0.0135. The Balaban J connectivity index is 1.23. The Labute approximate surface area is 173 Å². The van der Waals surface area contributed by atoms with Crippen LogP contribution in [0.5, 0.6) is 5.75 Å². The van der Waals surface area contributed by atoms with Gasteiger partial charge in [0.15, 0.2) is 0 Å². The number of carbonyl (C=O) groups is 2. The summed E-state index contributed by atoms with van der Waals surface area (Å²) in [4.78, 5) is 32.7. The number of para-hydroxylation sites is 2. The van der Waals surface area contributed by atoms with Crippen LogP contribution < -0.4 is 14.5 Å². The molecule has 3 aliphatic heterocycles. The molecule has 3 saturated heterocycles. The molecule has 0 saturated carbocycles. The average Bonchev–Trinajstić information content (AvgIpc) is 2.77. The van der Waals surface area contributed by atoms with E-state index in [0.29, 0.717) is 6.54 Å². The Hall–Kier alpha value is -2.28. The first-order chi connectivity index (χ1) is 14.2. The summed E-state index contributed by atoms with van der Waals surface area (Å²) in [7, 11) is 1.72. The molecule has 1 atom stereocenters. The van der Waals surface area contributed by atoms with E-state index in [1.165, 1.54) is 5.69 Å². The van der Waals surface area contributed by atoms with E-state index in [1.54, 1.807) is 16.9 Å². The van der Waals surface area contributed by atoms with Gasteiger partial charge in [0.1, 0.15) is 11.8 Å². The third-order valence-electron chi connectivity index (χ3n) is 6.60. The highest BCUT2D eigenvalue weighted by Gasteiger charge is 2.40. The first-order valence-corrected chi connectivity index (χ1v) is 11.0. The van der Waals surface area contributed by atoms with Gasteiger partial charge in [-0.15, -0.1) is 0 Å². The summed E-state index contributed by atoms with van der Waals surface area (Å²) < 4.78 is 5.50. The lowest BCUT2D eigenvalue weighted by atomic mass is 9.98. The van der Waals surface area contributed by atoms with Crippen LogP contribution in [0.2, 0.25) is 0 Å². The molecule has 7 heteroatoms. The lowest BCUT2D eigenvalue weighted by Crippen LogP contribution is -3.15. The van der Waals surface area contributed by atoms with Gasteiger partial charge in [0.05, 0.1) is 52.1 Å². The maximum atomic E-state index is 12.8. The number of benzene rings is 1. The normalized spacial score (nSPS) is 23.3. The second-order valence-corrected chi connectivity index (χ2v) is 8.37. The first kappa shape index (κ1) is 20.0. The van der Waals surface area contributed by atoms with Crippen molar-refractivity contribution in [3.8, 4) is 5.75 Å². The molecular formula is C22H33N4O3+. The molecule has 2 amide bonds.